The number of benzene rings is 2. The Morgan fingerprint density at radius 3 is 1.86 bits per heavy atom. The maximum Gasteiger partial charge on any atom is 0.417 e. The Balaban J connectivity index is 2.28. The van der Waals surface area contributed by atoms with Crippen LogP contribution in [0.1, 0.15) is 22.3 Å². The van der Waals surface area contributed by atoms with E-state index < -0.39 is 28.5 Å². The van der Waals surface area contributed by atoms with Crippen LogP contribution in [0.15, 0.2) is 42.5 Å². The van der Waals surface area contributed by atoms with Crippen LogP contribution in [0.5, 0.6) is 0 Å². The van der Waals surface area contributed by atoms with Gasteiger partial charge in [-0.25, -0.2) is 0 Å². The molecule has 118 valence electrons. The highest BCUT2D eigenvalue weighted by atomic mass is 35.5. The molecule has 0 amide bonds. The summed E-state index contributed by atoms with van der Waals surface area (Å²) in [5.74, 6) is 0. The summed E-state index contributed by atoms with van der Waals surface area (Å²) in [6, 6.07) is 7.70. The topological polar surface area (TPSA) is 0 Å². The molecule has 2 aromatic carbocycles. The maximum atomic E-state index is 12.7. The fourth-order valence-corrected chi connectivity index (χ4v) is 2.27. The van der Waals surface area contributed by atoms with E-state index in [1.807, 2.05) is 0 Å². The lowest BCUT2D eigenvalue weighted by molar-refractivity contribution is -0.138. The van der Waals surface area contributed by atoms with E-state index >= 15 is 0 Å². The van der Waals surface area contributed by atoms with Gasteiger partial charge in [0.25, 0.3) is 0 Å². The number of rotatable bonds is 2. The van der Waals surface area contributed by atoms with Gasteiger partial charge >= 0.3 is 12.4 Å². The van der Waals surface area contributed by atoms with E-state index in [0.29, 0.717) is 5.56 Å². The molecule has 2 aromatic rings. The molecule has 0 unspecified atom stereocenters. The van der Waals surface area contributed by atoms with Crippen LogP contribution in [-0.2, 0) is 18.8 Å². The van der Waals surface area contributed by atoms with Crippen molar-refractivity contribution in [2.24, 2.45) is 0 Å². The maximum absolute atomic E-state index is 12.7. The van der Waals surface area contributed by atoms with Crippen molar-refractivity contribution in [3.05, 3.63) is 69.7 Å². The summed E-state index contributed by atoms with van der Waals surface area (Å²) < 4.78 is 75.6. The summed E-state index contributed by atoms with van der Waals surface area (Å²) in [5.41, 5.74) is -1.13. The summed E-state index contributed by atoms with van der Waals surface area (Å²) in [7, 11) is 0. The Kier molecular flexibility index (Phi) is 4.42. The second-order valence-corrected chi connectivity index (χ2v) is 5.03. The third-order valence-electron chi connectivity index (χ3n) is 3.06. The number of alkyl halides is 6. The molecule has 0 bridgehead atoms. The van der Waals surface area contributed by atoms with Gasteiger partial charge in [0, 0.05) is 0 Å². The Hall–Kier alpha value is -1.69. The third-order valence-corrected chi connectivity index (χ3v) is 3.51. The van der Waals surface area contributed by atoms with E-state index in [0.717, 1.165) is 18.2 Å². The van der Waals surface area contributed by atoms with Gasteiger partial charge in [0.15, 0.2) is 0 Å². The Morgan fingerprint density at radius 1 is 0.773 bits per heavy atom. The summed E-state index contributed by atoms with van der Waals surface area (Å²) in [6.45, 7) is 0. The standard InChI is InChI=1S/C15H9ClF6/c16-13-10(2-1-3-12(13)15(20,21)22)8-9-4-6-11(7-5-9)14(17,18)19/h1-7H,8H2. The number of halogens is 7. The first kappa shape index (κ1) is 16.7. The molecule has 0 spiro atoms. The molecule has 7 heteroatoms. The Labute approximate surface area is 127 Å². The van der Waals surface area contributed by atoms with Crippen molar-refractivity contribution in [3.8, 4) is 0 Å². The minimum absolute atomic E-state index is 0.0148. The molecule has 22 heavy (non-hydrogen) atoms. The normalized spacial score (nSPS) is 12.5. The molecule has 0 fully saturated rings. The van der Waals surface area contributed by atoms with Gasteiger partial charge in [-0.2, -0.15) is 26.3 Å². The van der Waals surface area contributed by atoms with Crippen LogP contribution < -0.4 is 0 Å². The predicted octanol–water partition coefficient (Wildman–Crippen LogP) is 5.97. The predicted molar refractivity (Wildman–Crippen MR) is 70.7 cm³/mol. The van der Waals surface area contributed by atoms with E-state index in [1.165, 1.54) is 24.3 Å². The van der Waals surface area contributed by atoms with Gasteiger partial charge in [0.2, 0.25) is 0 Å². The summed E-state index contributed by atoms with van der Waals surface area (Å²) in [4.78, 5) is 0. The Morgan fingerprint density at radius 2 is 1.36 bits per heavy atom. The zero-order valence-corrected chi connectivity index (χ0v) is 11.7. The largest absolute Gasteiger partial charge is 0.417 e. The van der Waals surface area contributed by atoms with Crippen molar-refractivity contribution in [2.75, 3.05) is 0 Å². The average molecular weight is 339 g/mol. The van der Waals surface area contributed by atoms with Crippen molar-refractivity contribution in [1.82, 2.24) is 0 Å². The second-order valence-electron chi connectivity index (χ2n) is 4.65. The van der Waals surface area contributed by atoms with Crippen molar-refractivity contribution in [2.45, 2.75) is 18.8 Å². The van der Waals surface area contributed by atoms with E-state index in [2.05, 4.69) is 0 Å². The third kappa shape index (κ3) is 3.74. The first-order valence-electron chi connectivity index (χ1n) is 6.10. The van der Waals surface area contributed by atoms with Crippen LogP contribution in [0.4, 0.5) is 26.3 Å². The molecule has 0 saturated carbocycles. The molecular formula is C15H9ClF6. The highest BCUT2D eigenvalue weighted by Crippen LogP contribution is 2.37. The van der Waals surface area contributed by atoms with Crippen molar-refractivity contribution in [1.29, 1.82) is 0 Å². The minimum Gasteiger partial charge on any atom is -0.166 e. The lowest BCUT2D eigenvalue weighted by Gasteiger charge is -2.13. The molecule has 0 aromatic heterocycles. The van der Waals surface area contributed by atoms with Crippen LogP contribution in [0.2, 0.25) is 5.02 Å². The molecule has 2 rings (SSSR count). The first-order valence-corrected chi connectivity index (χ1v) is 6.47. The highest BCUT2D eigenvalue weighted by molar-refractivity contribution is 6.32. The van der Waals surface area contributed by atoms with Gasteiger partial charge in [-0.05, 0) is 35.7 Å². The van der Waals surface area contributed by atoms with Crippen LogP contribution in [0.25, 0.3) is 0 Å². The van der Waals surface area contributed by atoms with E-state index in [9.17, 15) is 26.3 Å². The molecular weight excluding hydrogens is 330 g/mol. The lowest BCUT2D eigenvalue weighted by atomic mass is 10.0. The van der Waals surface area contributed by atoms with E-state index in [1.54, 1.807) is 0 Å². The average Bonchev–Trinajstić information content (AvgIpc) is 2.39. The highest BCUT2D eigenvalue weighted by Gasteiger charge is 2.34. The molecule has 0 radical (unpaired) electrons. The zero-order valence-electron chi connectivity index (χ0n) is 10.9. The first-order chi connectivity index (χ1) is 10.1. The van der Waals surface area contributed by atoms with E-state index in [4.69, 9.17) is 11.6 Å². The van der Waals surface area contributed by atoms with E-state index in [-0.39, 0.29) is 12.0 Å². The Bertz CT molecular complexity index is 655. The van der Waals surface area contributed by atoms with Crippen LogP contribution in [0, 0.1) is 0 Å². The molecule has 0 heterocycles. The van der Waals surface area contributed by atoms with Gasteiger partial charge in [-0.1, -0.05) is 35.9 Å². The van der Waals surface area contributed by atoms with Gasteiger partial charge in [-0.3, -0.25) is 0 Å². The minimum atomic E-state index is -4.58. The second kappa shape index (κ2) is 5.83. The summed E-state index contributed by atoms with van der Waals surface area (Å²) in [5, 5.41) is -0.435. The van der Waals surface area contributed by atoms with Gasteiger partial charge in [0.05, 0.1) is 16.1 Å². The lowest BCUT2D eigenvalue weighted by Crippen LogP contribution is -2.07. The van der Waals surface area contributed by atoms with Crippen molar-refractivity contribution >= 4 is 11.6 Å². The molecule has 0 nitrogen and oxygen atoms in total. The molecule has 0 atom stereocenters. The fraction of sp³-hybridized carbons (Fsp3) is 0.200. The SMILES string of the molecule is FC(F)(F)c1ccc(Cc2cccc(C(F)(F)F)c2Cl)cc1. The number of hydrogen-bond acceptors (Lipinski definition) is 0. The zero-order chi connectivity index (χ0) is 16.5. The summed E-state index contributed by atoms with van der Waals surface area (Å²) >= 11 is 5.75. The fourth-order valence-electron chi connectivity index (χ4n) is 1.97. The molecule has 0 saturated heterocycles. The molecule has 0 aliphatic carbocycles. The van der Waals surface area contributed by atoms with Gasteiger partial charge < -0.3 is 0 Å². The monoisotopic (exact) mass is 338 g/mol. The quantitative estimate of drug-likeness (QED) is 0.592. The molecule has 0 aliphatic rings. The van der Waals surface area contributed by atoms with Crippen molar-refractivity contribution < 1.29 is 26.3 Å². The van der Waals surface area contributed by atoms with Crippen LogP contribution in [-0.4, -0.2) is 0 Å². The smallest absolute Gasteiger partial charge is 0.166 e. The summed E-state index contributed by atoms with van der Waals surface area (Å²) in [6.07, 6.45) is -9.01. The number of hydrogen-bond donors (Lipinski definition) is 0. The van der Waals surface area contributed by atoms with Crippen molar-refractivity contribution in [3.63, 3.8) is 0 Å². The van der Waals surface area contributed by atoms with Gasteiger partial charge in [-0.15, -0.1) is 0 Å². The van der Waals surface area contributed by atoms with Gasteiger partial charge in [0.1, 0.15) is 0 Å². The van der Waals surface area contributed by atoms with Crippen LogP contribution >= 0.6 is 11.6 Å². The molecule has 0 aliphatic heterocycles. The van der Waals surface area contributed by atoms with Crippen LogP contribution in [0.3, 0.4) is 0 Å². The molecule has 0 N–H and O–H groups in total.